The molecule has 0 fully saturated rings. The number of aromatic nitrogens is 3. The van der Waals surface area contributed by atoms with E-state index >= 15 is 0 Å². The third-order valence-electron chi connectivity index (χ3n) is 4.90. The number of nitrogens with two attached hydrogens (primary N) is 2. The van der Waals surface area contributed by atoms with E-state index < -0.39 is 5.91 Å². The lowest BCUT2D eigenvalue weighted by Gasteiger charge is -2.13. The minimum Gasteiger partial charge on any atom is -0.366 e. The number of hydrogen-bond acceptors (Lipinski definition) is 5. The van der Waals surface area contributed by atoms with Gasteiger partial charge in [0.1, 0.15) is 11.6 Å². The highest BCUT2D eigenvalue weighted by Crippen LogP contribution is 2.26. The van der Waals surface area contributed by atoms with Crippen LogP contribution in [0.15, 0.2) is 54.7 Å². The van der Waals surface area contributed by atoms with Crippen molar-refractivity contribution < 1.29 is 9.18 Å². The molecule has 4 aromatic rings. The van der Waals surface area contributed by atoms with Crippen LogP contribution in [0.2, 0.25) is 0 Å². The van der Waals surface area contributed by atoms with Gasteiger partial charge in [0.05, 0.1) is 5.52 Å². The van der Waals surface area contributed by atoms with Gasteiger partial charge in [-0.15, -0.1) is 0 Å². The van der Waals surface area contributed by atoms with Gasteiger partial charge < -0.3 is 16.8 Å². The number of aryl methyl sites for hydroxylation is 1. The van der Waals surface area contributed by atoms with Crippen molar-refractivity contribution in [3.63, 3.8) is 0 Å². The van der Waals surface area contributed by atoms with E-state index in [-0.39, 0.29) is 12.4 Å². The van der Waals surface area contributed by atoms with Crippen LogP contribution in [0.4, 0.5) is 10.2 Å². The van der Waals surface area contributed by atoms with Gasteiger partial charge in [-0.2, -0.15) is 4.98 Å². The molecule has 0 bridgehead atoms. The van der Waals surface area contributed by atoms with Crippen molar-refractivity contribution in [2.45, 2.75) is 20.0 Å². The molecule has 0 aliphatic heterocycles. The minimum absolute atomic E-state index is 0.232. The van der Waals surface area contributed by atoms with Crippen LogP contribution in [-0.4, -0.2) is 20.4 Å². The first-order valence-corrected chi connectivity index (χ1v) is 9.43. The summed E-state index contributed by atoms with van der Waals surface area (Å²) < 4.78 is 15.3. The number of anilines is 1. The molecule has 0 spiro atoms. The average molecular weight is 404 g/mol. The zero-order valence-electron chi connectivity index (χ0n) is 16.4. The predicted octanol–water partition coefficient (Wildman–Crippen LogP) is 3.04. The number of nitrogens with one attached hydrogen (secondary N) is 1. The SMILES string of the molecule is Cc1cnc(-n2c(CN)cc3c(C(N)=O)cccc32)nc1NCc1cccc(F)c1. The fourth-order valence-electron chi connectivity index (χ4n) is 3.44. The maximum Gasteiger partial charge on any atom is 0.249 e. The van der Waals surface area contributed by atoms with E-state index in [0.29, 0.717) is 29.3 Å². The van der Waals surface area contributed by atoms with Crippen LogP contribution in [0.3, 0.4) is 0 Å². The average Bonchev–Trinajstić information content (AvgIpc) is 3.12. The van der Waals surface area contributed by atoms with Gasteiger partial charge in [-0.1, -0.05) is 18.2 Å². The normalized spacial score (nSPS) is 11.0. The standard InChI is InChI=1S/C22H21FN6O/c1-13-11-27-22(28-21(13)26-12-14-4-2-5-15(23)8-14)29-16(10-24)9-18-17(20(25)30)6-3-7-19(18)29/h2-9,11H,10,12,24H2,1H3,(H2,25,30)(H,26,27,28). The number of carbonyl (C=O) groups excluding carboxylic acids is 1. The summed E-state index contributed by atoms with van der Waals surface area (Å²) in [5.41, 5.74) is 15.0. The van der Waals surface area contributed by atoms with Crippen molar-refractivity contribution in [2.75, 3.05) is 5.32 Å². The monoisotopic (exact) mass is 404 g/mol. The van der Waals surface area contributed by atoms with Crippen LogP contribution in [-0.2, 0) is 13.1 Å². The summed E-state index contributed by atoms with van der Waals surface area (Å²) in [5.74, 6) is 0.245. The summed E-state index contributed by atoms with van der Waals surface area (Å²) in [6, 6.07) is 13.5. The molecule has 0 unspecified atom stereocenters. The lowest BCUT2D eigenvalue weighted by molar-refractivity contribution is 0.100. The van der Waals surface area contributed by atoms with E-state index in [0.717, 1.165) is 22.3 Å². The molecule has 8 heteroatoms. The van der Waals surface area contributed by atoms with Crippen LogP contribution in [0.5, 0.6) is 0 Å². The number of carbonyl (C=O) groups is 1. The van der Waals surface area contributed by atoms with Gasteiger partial charge in [0, 0.05) is 41.5 Å². The lowest BCUT2D eigenvalue weighted by atomic mass is 10.1. The van der Waals surface area contributed by atoms with Crippen LogP contribution < -0.4 is 16.8 Å². The third kappa shape index (κ3) is 3.60. The molecule has 2 aromatic heterocycles. The predicted molar refractivity (Wildman–Crippen MR) is 114 cm³/mol. The van der Waals surface area contributed by atoms with E-state index in [4.69, 9.17) is 11.5 Å². The van der Waals surface area contributed by atoms with Gasteiger partial charge in [-0.25, -0.2) is 9.37 Å². The van der Waals surface area contributed by atoms with Gasteiger partial charge in [0.2, 0.25) is 11.9 Å². The van der Waals surface area contributed by atoms with Crippen LogP contribution in [0, 0.1) is 12.7 Å². The molecule has 30 heavy (non-hydrogen) atoms. The Labute approximate surface area is 172 Å². The molecule has 152 valence electrons. The summed E-state index contributed by atoms with van der Waals surface area (Å²) >= 11 is 0. The summed E-state index contributed by atoms with van der Waals surface area (Å²) in [5, 5.41) is 3.94. The Kier molecular flexibility index (Phi) is 5.16. The Morgan fingerprint density at radius 2 is 2.00 bits per heavy atom. The highest BCUT2D eigenvalue weighted by Gasteiger charge is 2.17. The molecule has 0 atom stereocenters. The topological polar surface area (TPSA) is 112 Å². The second-order valence-corrected chi connectivity index (χ2v) is 6.96. The number of benzene rings is 2. The van der Waals surface area contributed by atoms with Gasteiger partial charge >= 0.3 is 0 Å². The van der Waals surface area contributed by atoms with Crippen molar-refractivity contribution in [1.82, 2.24) is 14.5 Å². The molecule has 4 rings (SSSR count). The molecule has 0 aliphatic carbocycles. The van der Waals surface area contributed by atoms with E-state index in [9.17, 15) is 9.18 Å². The number of primary amides is 1. The molecule has 0 saturated heterocycles. The highest BCUT2D eigenvalue weighted by atomic mass is 19.1. The number of nitrogens with zero attached hydrogens (tertiary/aromatic N) is 3. The molecule has 1 amide bonds. The molecule has 0 saturated carbocycles. The van der Waals surface area contributed by atoms with Crippen LogP contribution in [0.25, 0.3) is 16.9 Å². The number of rotatable bonds is 6. The van der Waals surface area contributed by atoms with E-state index in [1.54, 1.807) is 24.4 Å². The molecular formula is C22H21FN6O. The fraction of sp³-hybridized carbons (Fsp3) is 0.136. The molecular weight excluding hydrogens is 383 g/mol. The minimum atomic E-state index is -0.511. The van der Waals surface area contributed by atoms with Gasteiger partial charge in [-0.05, 0) is 42.8 Å². The number of halogens is 1. The van der Waals surface area contributed by atoms with Gasteiger partial charge in [0.15, 0.2) is 0 Å². The van der Waals surface area contributed by atoms with Crippen molar-refractivity contribution in [3.8, 4) is 5.95 Å². The van der Waals surface area contributed by atoms with E-state index in [2.05, 4.69) is 15.3 Å². The lowest BCUT2D eigenvalue weighted by Crippen LogP contribution is -2.12. The summed E-state index contributed by atoms with van der Waals surface area (Å²) in [6.45, 7) is 2.54. The maximum atomic E-state index is 13.4. The largest absolute Gasteiger partial charge is 0.366 e. The highest BCUT2D eigenvalue weighted by molar-refractivity contribution is 6.06. The Morgan fingerprint density at radius 3 is 2.73 bits per heavy atom. The third-order valence-corrected chi connectivity index (χ3v) is 4.90. The van der Waals surface area contributed by atoms with Crippen molar-refractivity contribution >= 4 is 22.6 Å². The Bertz CT molecular complexity index is 1250. The van der Waals surface area contributed by atoms with E-state index in [1.165, 1.54) is 12.1 Å². The smallest absolute Gasteiger partial charge is 0.249 e. The summed E-state index contributed by atoms with van der Waals surface area (Å²) in [4.78, 5) is 20.9. The van der Waals surface area contributed by atoms with Crippen LogP contribution >= 0.6 is 0 Å². The molecule has 2 aromatic carbocycles. The van der Waals surface area contributed by atoms with Crippen LogP contribution in [0.1, 0.15) is 27.2 Å². The van der Waals surface area contributed by atoms with Gasteiger partial charge in [0.25, 0.3) is 0 Å². The van der Waals surface area contributed by atoms with Crippen molar-refractivity contribution in [2.24, 2.45) is 11.5 Å². The second kappa shape index (κ2) is 7.92. The number of amides is 1. The molecule has 0 radical (unpaired) electrons. The Balaban J connectivity index is 1.76. The first-order valence-electron chi connectivity index (χ1n) is 9.43. The first kappa shape index (κ1) is 19.5. The van der Waals surface area contributed by atoms with E-state index in [1.807, 2.05) is 29.7 Å². The second-order valence-electron chi connectivity index (χ2n) is 6.96. The number of fused-ring (bicyclic) bond motifs is 1. The summed E-state index contributed by atoms with van der Waals surface area (Å²) in [6.07, 6.45) is 1.71. The van der Waals surface area contributed by atoms with Crippen molar-refractivity contribution in [1.29, 1.82) is 0 Å². The summed E-state index contributed by atoms with van der Waals surface area (Å²) in [7, 11) is 0. The Morgan fingerprint density at radius 1 is 1.20 bits per heavy atom. The zero-order valence-corrected chi connectivity index (χ0v) is 16.4. The quantitative estimate of drug-likeness (QED) is 0.457. The molecule has 7 nitrogen and oxygen atoms in total. The zero-order chi connectivity index (χ0) is 21.3. The van der Waals surface area contributed by atoms with Crippen molar-refractivity contribution in [3.05, 3.63) is 82.9 Å². The molecule has 2 heterocycles. The number of hydrogen-bond donors (Lipinski definition) is 3. The maximum absolute atomic E-state index is 13.4. The first-order chi connectivity index (χ1) is 14.5. The van der Waals surface area contributed by atoms with Gasteiger partial charge in [-0.3, -0.25) is 9.36 Å². The fourth-order valence-corrected chi connectivity index (χ4v) is 3.44. The Hall–Kier alpha value is -3.78. The molecule has 0 aliphatic rings. The molecule has 5 N–H and O–H groups in total.